The molecule has 0 aromatic heterocycles. The standard InChI is InChI=1S/C25H36N2O7/c1-4-5-6-7-8-9-15-33-20(18-32-14-10-13-28)17-26-23-21-16-19(27(30)31)11-12-22(21)34-25(2,3)24(23)29/h10-12,16-17,23-24,26,29H,4-9,14-15,18H2,1-3H3/b20-17+/t23-,24+/m0/s1. The molecule has 1 heterocycles. The molecule has 188 valence electrons. The van der Waals surface area contributed by atoms with Gasteiger partial charge in [-0.15, -0.1) is 0 Å². The van der Waals surface area contributed by atoms with E-state index in [-0.39, 0.29) is 18.9 Å². The fourth-order valence-corrected chi connectivity index (χ4v) is 3.73. The first-order valence-electron chi connectivity index (χ1n) is 11.8. The molecule has 0 saturated carbocycles. The van der Waals surface area contributed by atoms with Crippen LogP contribution in [0.25, 0.3) is 0 Å². The molecule has 34 heavy (non-hydrogen) atoms. The predicted molar refractivity (Wildman–Crippen MR) is 128 cm³/mol. The molecular weight excluding hydrogens is 440 g/mol. The van der Waals surface area contributed by atoms with Crippen molar-refractivity contribution in [2.24, 2.45) is 0 Å². The molecule has 0 saturated heterocycles. The largest absolute Gasteiger partial charge is 0.494 e. The minimum atomic E-state index is -0.989. The number of nitrogens with one attached hydrogen (secondary N) is 1. The first kappa shape index (κ1) is 27.4. The van der Waals surface area contributed by atoms with Crippen LogP contribution in [0.15, 0.2) is 36.2 Å². The highest BCUT2D eigenvalue weighted by Crippen LogP contribution is 2.41. The smallest absolute Gasteiger partial charge is 0.270 e. The summed E-state index contributed by atoms with van der Waals surface area (Å²) in [4.78, 5) is 21.2. The molecule has 0 radical (unpaired) electrons. The number of nitro benzene ring substituents is 1. The second-order valence-electron chi connectivity index (χ2n) is 8.84. The van der Waals surface area contributed by atoms with Gasteiger partial charge in [-0.1, -0.05) is 39.0 Å². The molecule has 0 aliphatic carbocycles. The van der Waals surface area contributed by atoms with Crippen molar-refractivity contribution >= 4 is 11.6 Å². The van der Waals surface area contributed by atoms with E-state index in [9.17, 15) is 20.0 Å². The summed E-state index contributed by atoms with van der Waals surface area (Å²) in [5.41, 5.74) is -0.523. The third kappa shape index (κ3) is 8.17. The number of nitrogens with zero attached hydrogens (tertiary/aromatic N) is 1. The number of carbonyl (C=O) groups excluding carboxylic acids is 1. The molecule has 1 aromatic rings. The van der Waals surface area contributed by atoms with Crippen LogP contribution < -0.4 is 10.1 Å². The summed E-state index contributed by atoms with van der Waals surface area (Å²) in [5, 5.41) is 25.4. The Morgan fingerprint density at radius 3 is 2.74 bits per heavy atom. The Labute approximate surface area is 200 Å². The van der Waals surface area contributed by atoms with Crippen LogP contribution in [0.4, 0.5) is 5.69 Å². The Kier molecular flexibility index (Phi) is 11.1. The number of aliphatic hydroxyl groups is 1. The van der Waals surface area contributed by atoms with E-state index in [4.69, 9.17) is 14.2 Å². The van der Waals surface area contributed by atoms with Gasteiger partial charge in [-0.05, 0) is 26.3 Å². The fraction of sp³-hybridized carbons (Fsp3) is 0.600. The van der Waals surface area contributed by atoms with E-state index in [0.29, 0.717) is 23.7 Å². The number of hydrogen-bond donors (Lipinski definition) is 2. The van der Waals surface area contributed by atoms with Crippen molar-refractivity contribution in [2.75, 3.05) is 19.8 Å². The maximum absolute atomic E-state index is 11.3. The van der Waals surface area contributed by atoms with E-state index in [1.54, 1.807) is 32.1 Å². The highest BCUT2D eigenvalue weighted by atomic mass is 16.6. The number of benzene rings is 1. The van der Waals surface area contributed by atoms with E-state index in [1.165, 1.54) is 37.5 Å². The quantitative estimate of drug-likeness (QED) is 0.126. The van der Waals surface area contributed by atoms with Crippen LogP contribution in [0.1, 0.15) is 70.9 Å². The highest BCUT2D eigenvalue weighted by molar-refractivity contribution is 5.48. The van der Waals surface area contributed by atoms with Crippen LogP contribution in [0, 0.1) is 10.1 Å². The van der Waals surface area contributed by atoms with Gasteiger partial charge in [0, 0.05) is 30.0 Å². The number of nitro groups is 1. The zero-order valence-electron chi connectivity index (χ0n) is 20.2. The van der Waals surface area contributed by atoms with Crippen LogP contribution in [-0.2, 0) is 14.3 Å². The second kappa shape index (κ2) is 13.7. The lowest BCUT2D eigenvalue weighted by atomic mass is 9.86. The summed E-state index contributed by atoms with van der Waals surface area (Å²) in [5.74, 6) is 2.63. The Bertz CT molecular complexity index is 878. The van der Waals surface area contributed by atoms with Crippen molar-refractivity contribution in [1.29, 1.82) is 0 Å². The van der Waals surface area contributed by atoms with Gasteiger partial charge >= 0.3 is 0 Å². The van der Waals surface area contributed by atoms with E-state index in [2.05, 4.69) is 12.2 Å². The van der Waals surface area contributed by atoms with Gasteiger partial charge in [-0.2, -0.15) is 0 Å². The van der Waals surface area contributed by atoms with Gasteiger partial charge in [-0.3, -0.25) is 10.1 Å². The number of non-ortho nitro benzene ring substituents is 1. The average Bonchev–Trinajstić information content (AvgIpc) is 2.80. The normalized spacial score (nSPS) is 18.9. The molecule has 0 fully saturated rings. The highest BCUT2D eigenvalue weighted by Gasteiger charge is 2.43. The van der Waals surface area contributed by atoms with Gasteiger partial charge in [0.2, 0.25) is 0 Å². The van der Waals surface area contributed by atoms with Gasteiger partial charge in [-0.25, -0.2) is 4.79 Å². The number of rotatable bonds is 15. The SMILES string of the molecule is CCCCCCCCO/C(=C/N[C@H]1c2cc([N+](=O)[O-])ccc2OC(C)(C)[C@@H]1O)COCC=C=O. The Morgan fingerprint density at radius 1 is 1.29 bits per heavy atom. The van der Waals surface area contributed by atoms with Crippen LogP contribution in [-0.4, -0.2) is 47.5 Å². The summed E-state index contributed by atoms with van der Waals surface area (Å²) in [6, 6.07) is 3.66. The first-order chi connectivity index (χ1) is 16.3. The van der Waals surface area contributed by atoms with Crippen molar-refractivity contribution in [2.45, 2.75) is 77.0 Å². The molecular formula is C25H36N2O7. The van der Waals surface area contributed by atoms with Crippen LogP contribution in [0.5, 0.6) is 5.75 Å². The third-order valence-electron chi connectivity index (χ3n) is 5.68. The van der Waals surface area contributed by atoms with Crippen molar-refractivity contribution in [3.05, 3.63) is 51.9 Å². The van der Waals surface area contributed by atoms with Gasteiger partial charge in [0.15, 0.2) is 0 Å². The third-order valence-corrected chi connectivity index (χ3v) is 5.68. The summed E-state index contributed by atoms with van der Waals surface area (Å²) in [6.45, 7) is 6.42. The van der Waals surface area contributed by atoms with Gasteiger partial charge in [0.05, 0.1) is 24.2 Å². The van der Waals surface area contributed by atoms with Crippen molar-refractivity contribution in [1.82, 2.24) is 5.32 Å². The molecule has 0 spiro atoms. The molecule has 9 heteroatoms. The summed E-state index contributed by atoms with van der Waals surface area (Å²) in [7, 11) is 0. The number of hydrogen-bond acceptors (Lipinski definition) is 8. The minimum absolute atomic E-state index is 0.0893. The molecule has 1 aliphatic rings. The predicted octanol–water partition coefficient (Wildman–Crippen LogP) is 4.38. The van der Waals surface area contributed by atoms with Crippen molar-refractivity contribution in [3.63, 3.8) is 0 Å². The molecule has 1 aromatic carbocycles. The van der Waals surface area contributed by atoms with E-state index in [1.807, 2.05) is 0 Å². The second-order valence-corrected chi connectivity index (χ2v) is 8.84. The van der Waals surface area contributed by atoms with Crippen molar-refractivity contribution < 1.29 is 29.0 Å². The average molecular weight is 477 g/mol. The van der Waals surface area contributed by atoms with Crippen LogP contribution in [0.2, 0.25) is 0 Å². The summed E-state index contributed by atoms with van der Waals surface area (Å²) in [6.07, 6.45) is 8.63. The van der Waals surface area contributed by atoms with Gasteiger partial charge in [0.25, 0.3) is 5.69 Å². The topological polar surface area (TPSA) is 120 Å². The molecule has 0 bridgehead atoms. The van der Waals surface area contributed by atoms with E-state index >= 15 is 0 Å². The molecule has 2 rings (SSSR count). The Balaban J connectivity index is 2.14. The zero-order chi connectivity index (χ0) is 25.0. The summed E-state index contributed by atoms with van der Waals surface area (Å²) < 4.78 is 17.2. The molecule has 0 amide bonds. The number of unbranched alkanes of at least 4 members (excludes halogenated alkanes) is 5. The lowest BCUT2D eigenvalue weighted by Crippen LogP contribution is -2.51. The first-order valence-corrected chi connectivity index (χ1v) is 11.8. The molecule has 2 N–H and O–H groups in total. The van der Waals surface area contributed by atoms with Gasteiger partial charge < -0.3 is 24.6 Å². The number of aliphatic hydroxyl groups excluding tert-OH is 1. The lowest BCUT2D eigenvalue weighted by molar-refractivity contribution is -0.385. The summed E-state index contributed by atoms with van der Waals surface area (Å²) >= 11 is 0. The van der Waals surface area contributed by atoms with Crippen LogP contribution >= 0.6 is 0 Å². The minimum Gasteiger partial charge on any atom is -0.494 e. The maximum Gasteiger partial charge on any atom is 0.270 e. The monoisotopic (exact) mass is 476 g/mol. The number of fused-ring (bicyclic) bond motifs is 1. The lowest BCUT2D eigenvalue weighted by Gasteiger charge is -2.42. The molecule has 9 nitrogen and oxygen atoms in total. The molecule has 1 aliphatic heterocycles. The Morgan fingerprint density at radius 2 is 2.03 bits per heavy atom. The zero-order valence-corrected chi connectivity index (χ0v) is 20.2. The molecule has 2 atom stereocenters. The molecule has 0 unspecified atom stereocenters. The van der Waals surface area contributed by atoms with E-state index < -0.39 is 22.7 Å². The maximum atomic E-state index is 11.3. The fourth-order valence-electron chi connectivity index (χ4n) is 3.73. The Hall–Kier alpha value is -2.87. The van der Waals surface area contributed by atoms with E-state index in [0.717, 1.165) is 19.3 Å². The van der Waals surface area contributed by atoms with Crippen LogP contribution in [0.3, 0.4) is 0 Å². The van der Waals surface area contributed by atoms with Gasteiger partial charge in [0.1, 0.15) is 35.8 Å². The number of ether oxygens (including phenoxy) is 3. The van der Waals surface area contributed by atoms with Crippen molar-refractivity contribution in [3.8, 4) is 5.75 Å².